The highest BCUT2D eigenvalue weighted by Crippen LogP contribution is 2.36. The van der Waals surface area contributed by atoms with Crippen molar-refractivity contribution in [3.63, 3.8) is 0 Å². The quantitative estimate of drug-likeness (QED) is 0.609. The smallest absolute Gasteiger partial charge is 0.271 e. The first kappa shape index (κ1) is 22.9. The zero-order valence-corrected chi connectivity index (χ0v) is 18.0. The van der Waals surface area contributed by atoms with Crippen molar-refractivity contribution >= 4 is 11.7 Å². The normalized spacial score (nSPS) is 14.4. The number of amides is 1. The summed E-state index contributed by atoms with van der Waals surface area (Å²) >= 11 is 0. The van der Waals surface area contributed by atoms with Crippen molar-refractivity contribution in [2.24, 2.45) is 0 Å². The van der Waals surface area contributed by atoms with Crippen LogP contribution < -0.4 is 10.2 Å². The first-order valence-electron chi connectivity index (χ1n) is 10.1. The van der Waals surface area contributed by atoms with Gasteiger partial charge in [-0.25, -0.2) is 9.97 Å². The van der Waals surface area contributed by atoms with Gasteiger partial charge in [0.15, 0.2) is 0 Å². The van der Waals surface area contributed by atoms with Gasteiger partial charge < -0.3 is 10.2 Å². The fourth-order valence-electron chi connectivity index (χ4n) is 3.94. The van der Waals surface area contributed by atoms with Gasteiger partial charge in [0.25, 0.3) is 5.91 Å². The SMILES string of the molecule is C.Cc1n[nH]c(C)c1-c1cnn(C2(CC#N)CN(c3cnc(C(=O)NC(C)C)cn3)C2)c1. The summed E-state index contributed by atoms with van der Waals surface area (Å²) in [4.78, 5) is 22.7. The van der Waals surface area contributed by atoms with Gasteiger partial charge >= 0.3 is 0 Å². The Morgan fingerprint density at radius 2 is 2.03 bits per heavy atom. The summed E-state index contributed by atoms with van der Waals surface area (Å²) in [6, 6.07) is 2.33. The van der Waals surface area contributed by atoms with Crippen molar-refractivity contribution < 1.29 is 4.79 Å². The molecule has 0 spiro atoms. The lowest BCUT2D eigenvalue weighted by Crippen LogP contribution is -2.63. The molecule has 4 heterocycles. The molecule has 1 saturated heterocycles. The van der Waals surface area contributed by atoms with Crippen LogP contribution in [0.1, 0.15) is 49.6 Å². The van der Waals surface area contributed by atoms with Gasteiger partial charge in [0.1, 0.15) is 17.1 Å². The van der Waals surface area contributed by atoms with Gasteiger partial charge in [-0.2, -0.15) is 15.5 Å². The average Bonchev–Trinajstić information content (AvgIpc) is 3.30. The fourth-order valence-corrected chi connectivity index (χ4v) is 3.94. The van der Waals surface area contributed by atoms with E-state index < -0.39 is 5.54 Å². The van der Waals surface area contributed by atoms with Crippen LogP contribution in [0.4, 0.5) is 5.82 Å². The van der Waals surface area contributed by atoms with Crippen molar-refractivity contribution in [1.29, 1.82) is 5.26 Å². The first-order valence-corrected chi connectivity index (χ1v) is 10.1. The number of H-pyrrole nitrogens is 1. The number of nitrogens with one attached hydrogen (secondary N) is 2. The van der Waals surface area contributed by atoms with Crippen molar-refractivity contribution in [3.8, 4) is 17.2 Å². The molecule has 1 amide bonds. The average molecular weight is 436 g/mol. The van der Waals surface area contributed by atoms with E-state index in [0.29, 0.717) is 25.3 Å². The number of carbonyl (C=O) groups is 1. The standard InChI is InChI=1S/C21H25N9O.CH4/c1-13(2)26-20(31)17-8-24-18(9-23-17)29-11-21(12-29,5-6-22)30-10-16(7-25-30)19-14(3)27-28-15(19)4;/h7-10,13H,5,11-12H2,1-4H3,(H,26,31)(H,27,28);1H4. The fraction of sp³-hybridized carbons (Fsp3) is 0.455. The molecule has 1 aliphatic heterocycles. The highest BCUT2D eigenvalue weighted by atomic mass is 16.1. The molecular weight excluding hydrogens is 406 g/mol. The molecule has 0 aromatic carbocycles. The van der Waals surface area contributed by atoms with Gasteiger partial charge in [-0.15, -0.1) is 0 Å². The maximum absolute atomic E-state index is 12.1. The van der Waals surface area contributed by atoms with E-state index in [-0.39, 0.29) is 25.1 Å². The highest BCUT2D eigenvalue weighted by Gasteiger charge is 2.46. The van der Waals surface area contributed by atoms with Crippen LogP contribution in [0, 0.1) is 25.2 Å². The number of hydrogen-bond donors (Lipinski definition) is 2. The molecule has 168 valence electrons. The monoisotopic (exact) mass is 435 g/mol. The summed E-state index contributed by atoms with van der Waals surface area (Å²) in [5.41, 5.74) is 3.75. The van der Waals surface area contributed by atoms with Gasteiger partial charge in [0.2, 0.25) is 0 Å². The largest absolute Gasteiger partial charge is 0.350 e. The molecular formula is C22H29N9O. The van der Waals surface area contributed by atoms with E-state index in [0.717, 1.165) is 22.5 Å². The Hall–Kier alpha value is -3.74. The lowest BCUT2D eigenvalue weighted by molar-refractivity contribution is 0.0937. The minimum absolute atomic E-state index is 0. The topological polar surface area (TPSA) is 128 Å². The molecule has 0 bridgehead atoms. The Morgan fingerprint density at radius 3 is 2.59 bits per heavy atom. The third-order valence-corrected chi connectivity index (χ3v) is 5.48. The van der Waals surface area contributed by atoms with Crippen molar-refractivity contribution in [2.75, 3.05) is 18.0 Å². The van der Waals surface area contributed by atoms with E-state index in [1.165, 1.54) is 6.20 Å². The van der Waals surface area contributed by atoms with Crippen LogP contribution in [0.3, 0.4) is 0 Å². The Kier molecular flexibility index (Phi) is 6.30. The molecule has 10 heteroatoms. The molecule has 1 fully saturated rings. The van der Waals surface area contributed by atoms with E-state index in [1.54, 1.807) is 6.20 Å². The molecule has 3 aromatic rings. The van der Waals surface area contributed by atoms with Crippen LogP contribution in [0.25, 0.3) is 11.1 Å². The van der Waals surface area contributed by atoms with Crippen LogP contribution in [-0.4, -0.2) is 55.0 Å². The van der Waals surface area contributed by atoms with E-state index in [9.17, 15) is 10.1 Å². The predicted octanol–water partition coefficient (Wildman–Crippen LogP) is 2.58. The van der Waals surface area contributed by atoms with E-state index in [2.05, 4.69) is 36.7 Å². The third-order valence-electron chi connectivity index (χ3n) is 5.48. The number of aryl methyl sites for hydroxylation is 2. The van der Waals surface area contributed by atoms with Crippen molar-refractivity contribution in [3.05, 3.63) is 41.9 Å². The molecule has 2 N–H and O–H groups in total. The zero-order valence-electron chi connectivity index (χ0n) is 18.0. The summed E-state index contributed by atoms with van der Waals surface area (Å²) in [6.45, 7) is 8.88. The van der Waals surface area contributed by atoms with Crippen LogP contribution in [-0.2, 0) is 5.54 Å². The molecule has 32 heavy (non-hydrogen) atoms. The Labute approximate surface area is 187 Å². The Morgan fingerprint density at radius 1 is 1.28 bits per heavy atom. The summed E-state index contributed by atoms with van der Waals surface area (Å²) in [5, 5.41) is 24.1. The Bertz CT molecular complexity index is 1110. The minimum atomic E-state index is -0.437. The van der Waals surface area contributed by atoms with Crippen LogP contribution >= 0.6 is 0 Å². The molecule has 0 atom stereocenters. The number of hydrogen-bond acceptors (Lipinski definition) is 7. The lowest BCUT2D eigenvalue weighted by Gasteiger charge is -2.49. The molecule has 1 aliphatic rings. The van der Waals surface area contributed by atoms with Crippen LogP contribution in [0.5, 0.6) is 0 Å². The Balaban J connectivity index is 0.00000289. The summed E-state index contributed by atoms with van der Waals surface area (Å²) in [7, 11) is 0. The van der Waals surface area contributed by atoms with Gasteiger partial charge in [-0.05, 0) is 27.7 Å². The second kappa shape index (κ2) is 8.78. The molecule has 0 radical (unpaired) electrons. The number of nitrogens with zero attached hydrogens (tertiary/aromatic N) is 7. The second-order valence-electron chi connectivity index (χ2n) is 8.29. The summed E-state index contributed by atoms with van der Waals surface area (Å²) in [5.74, 6) is 0.425. The number of anilines is 1. The number of aromatic amines is 1. The molecule has 0 saturated carbocycles. The minimum Gasteiger partial charge on any atom is -0.350 e. The van der Waals surface area contributed by atoms with Crippen molar-refractivity contribution in [2.45, 2.75) is 53.1 Å². The number of carbonyl (C=O) groups excluding carboxylic acids is 1. The maximum atomic E-state index is 12.1. The van der Waals surface area contributed by atoms with Gasteiger partial charge in [0, 0.05) is 42.1 Å². The predicted molar refractivity (Wildman–Crippen MR) is 121 cm³/mol. The summed E-state index contributed by atoms with van der Waals surface area (Å²) < 4.78 is 1.88. The molecule has 10 nitrogen and oxygen atoms in total. The van der Waals surface area contributed by atoms with E-state index in [1.807, 2.05) is 49.7 Å². The van der Waals surface area contributed by atoms with Crippen molar-refractivity contribution in [1.82, 2.24) is 35.3 Å². The number of rotatable bonds is 6. The molecule has 0 aliphatic carbocycles. The molecule has 4 rings (SSSR count). The lowest BCUT2D eigenvalue weighted by atomic mass is 9.87. The second-order valence-corrected chi connectivity index (χ2v) is 8.29. The van der Waals surface area contributed by atoms with Gasteiger partial charge in [0.05, 0.1) is 36.8 Å². The van der Waals surface area contributed by atoms with Crippen LogP contribution in [0.2, 0.25) is 0 Å². The van der Waals surface area contributed by atoms with Crippen LogP contribution in [0.15, 0.2) is 24.8 Å². The van der Waals surface area contributed by atoms with E-state index >= 15 is 0 Å². The third kappa shape index (κ3) is 4.06. The summed E-state index contributed by atoms with van der Waals surface area (Å²) in [6.07, 6.45) is 7.20. The van der Waals surface area contributed by atoms with Gasteiger partial charge in [-0.3, -0.25) is 14.6 Å². The molecule has 3 aromatic heterocycles. The zero-order chi connectivity index (χ0) is 22.2. The maximum Gasteiger partial charge on any atom is 0.271 e. The first-order chi connectivity index (χ1) is 14.8. The number of nitriles is 1. The van der Waals surface area contributed by atoms with Gasteiger partial charge in [-0.1, -0.05) is 7.43 Å². The number of aromatic nitrogens is 6. The highest BCUT2D eigenvalue weighted by molar-refractivity contribution is 5.92. The van der Waals surface area contributed by atoms with E-state index in [4.69, 9.17) is 0 Å². The molecule has 0 unspecified atom stereocenters.